The zero-order valence-corrected chi connectivity index (χ0v) is 36.5. The number of aliphatic hydroxyl groups is 2. The highest BCUT2D eigenvalue weighted by Crippen LogP contribution is 2.43. The zero-order chi connectivity index (χ0) is 39.8. The number of rotatable bonds is 44. The summed E-state index contributed by atoms with van der Waals surface area (Å²) in [5.41, 5.74) is 5.37. The number of carbonyl (C=O) groups excluding carboxylic acids is 1. The number of hydrogen-bond donors (Lipinski definition) is 5. The third-order valence-electron chi connectivity index (χ3n) is 10.8. The second kappa shape index (κ2) is 40.6. The Morgan fingerprint density at radius 2 is 0.889 bits per heavy atom. The summed E-state index contributed by atoms with van der Waals surface area (Å²) in [7, 11) is -4.37. The number of nitrogens with two attached hydrogens (primary N) is 1. The molecule has 0 bridgehead atoms. The molecule has 0 aliphatic heterocycles. The normalized spacial score (nSPS) is 14.6. The van der Waals surface area contributed by atoms with Crippen molar-refractivity contribution in [2.75, 3.05) is 19.8 Å². The van der Waals surface area contributed by atoms with E-state index in [-0.39, 0.29) is 26.2 Å². The van der Waals surface area contributed by atoms with E-state index in [4.69, 9.17) is 14.8 Å². The summed E-state index contributed by atoms with van der Waals surface area (Å²) in [6.45, 7) is 4.08. The van der Waals surface area contributed by atoms with Crippen molar-refractivity contribution in [2.24, 2.45) is 5.73 Å². The van der Waals surface area contributed by atoms with Gasteiger partial charge in [-0.1, -0.05) is 219 Å². The molecule has 0 aromatic rings. The minimum Gasteiger partial charge on any atom is -0.393 e. The van der Waals surface area contributed by atoms with Crippen molar-refractivity contribution in [2.45, 2.75) is 257 Å². The van der Waals surface area contributed by atoms with Gasteiger partial charge in [-0.2, -0.15) is 0 Å². The number of phosphoric ester groups is 1. The van der Waals surface area contributed by atoms with Crippen LogP contribution in [0.25, 0.3) is 0 Å². The molecule has 0 rings (SSSR count). The lowest BCUT2D eigenvalue weighted by Gasteiger charge is -2.25. The van der Waals surface area contributed by atoms with E-state index in [1.54, 1.807) is 0 Å². The van der Waals surface area contributed by atoms with Gasteiger partial charge in [-0.25, -0.2) is 4.57 Å². The van der Waals surface area contributed by atoms with E-state index in [0.29, 0.717) is 12.8 Å². The number of unbranched alkanes of at least 4 members (excludes halogenated alkanes) is 30. The second-order valence-electron chi connectivity index (χ2n) is 16.2. The lowest BCUT2D eigenvalue weighted by molar-refractivity contribution is -0.125. The first kappa shape index (κ1) is 53.5. The first-order chi connectivity index (χ1) is 26.3. The lowest BCUT2D eigenvalue weighted by atomic mass is 10.0. The van der Waals surface area contributed by atoms with Gasteiger partial charge in [-0.15, -0.1) is 0 Å². The Kier molecular flexibility index (Phi) is 40.2. The summed E-state index contributed by atoms with van der Waals surface area (Å²) >= 11 is 0. The van der Waals surface area contributed by atoms with Crippen molar-refractivity contribution in [3.8, 4) is 0 Å². The fourth-order valence-corrected chi connectivity index (χ4v) is 8.00. The topological polar surface area (TPSA) is 151 Å². The molecule has 0 aliphatic carbocycles. The van der Waals surface area contributed by atoms with Gasteiger partial charge >= 0.3 is 7.82 Å². The lowest BCUT2D eigenvalue weighted by Crippen LogP contribution is -2.47. The van der Waals surface area contributed by atoms with Crippen LogP contribution in [-0.2, 0) is 18.4 Å². The highest BCUT2D eigenvalue weighted by molar-refractivity contribution is 7.47. The SMILES string of the molecule is CCCCCCCCCCCCCCCCCCCC(O)CC(=O)NC(COP(=O)(O)OCCN)C(O)CCCCCCCCCCCCCCCCC. The predicted octanol–water partition coefficient (Wildman–Crippen LogP) is 12.0. The van der Waals surface area contributed by atoms with Crippen LogP contribution >= 0.6 is 7.82 Å². The number of aliphatic hydroxyl groups excluding tert-OH is 2. The summed E-state index contributed by atoms with van der Waals surface area (Å²) < 4.78 is 22.2. The molecule has 0 radical (unpaired) electrons. The maximum absolute atomic E-state index is 12.8. The van der Waals surface area contributed by atoms with Gasteiger partial charge in [0.1, 0.15) is 0 Å². The molecule has 324 valence electrons. The third-order valence-corrected chi connectivity index (χ3v) is 11.7. The van der Waals surface area contributed by atoms with Gasteiger partial charge in [0.25, 0.3) is 0 Å². The third kappa shape index (κ3) is 38.3. The standard InChI is InChI=1S/C44H91N2O7P/c1-3-5-7-9-11-13-15-17-19-20-22-23-25-27-29-31-33-35-41(47)39-44(49)46-42(40-53-54(50,51)52-38-37-45)43(48)36-34-32-30-28-26-24-21-18-16-14-12-10-8-6-4-2/h41-43,47-48H,3-40,45H2,1-2H3,(H,46,49)(H,50,51). The first-order valence-corrected chi connectivity index (χ1v) is 24.7. The Labute approximate surface area is 334 Å². The number of amides is 1. The Morgan fingerprint density at radius 1 is 0.556 bits per heavy atom. The van der Waals surface area contributed by atoms with E-state index in [1.807, 2.05) is 0 Å². The molecule has 0 aromatic heterocycles. The smallest absolute Gasteiger partial charge is 0.393 e. The van der Waals surface area contributed by atoms with Crippen LogP contribution in [0, 0.1) is 0 Å². The van der Waals surface area contributed by atoms with Gasteiger partial charge in [0.2, 0.25) is 5.91 Å². The second-order valence-corrected chi connectivity index (χ2v) is 17.6. The molecule has 54 heavy (non-hydrogen) atoms. The summed E-state index contributed by atoms with van der Waals surface area (Å²) in [5, 5.41) is 24.2. The summed E-state index contributed by atoms with van der Waals surface area (Å²) in [6.07, 6.45) is 40.0. The molecule has 0 fully saturated rings. The van der Waals surface area contributed by atoms with Crippen molar-refractivity contribution in [3.05, 3.63) is 0 Å². The molecule has 0 heterocycles. The molecule has 9 nitrogen and oxygen atoms in total. The average molecular weight is 791 g/mol. The van der Waals surface area contributed by atoms with E-state index in [9.17, 15) is 24.5 Å². The Bertz CT molecular complexity index is 837. The Morgan fingerprint density at radius 3 is 1.24 bits per heavy atom. The molecule has 0 aliphatic rings. The molecule has 10 heteroatoms. The van der Waals surface area contributed by atoms with E-state index in [2.05, 4.69) is 19.2 Å². The molecule has 1 amide bonds. The fraction of sp³-hybridized carbons (Fsp3) is 0.977. The van der Waals surface area contributed by atoms with Crippen LogP contribution in [0.2, 0.25) is 0 Å². The van der Waals surface area contributed by atoms with Gasteiger partial charge in [0, 0.05) is 6.54 Å². The van der Waals surface area contributed by atoms with Crippen LogP contribution in [0.5, 0.6) is 0 Å². The summed E-state index contributed by atoms with van der Waals surface area (Å²) in [4.78, 5) is 22.8. The molecule has 6 N–H and O–H groups in total. The first-order valence-electron chi connectivity index (χ1n) is 23.2. The Balaban J connectivity index is 4.19. The number of nitrogens with one attached hydrogen (secondary N) is 1. The molecule has 0 saturated carbocycles. The van der Waals surface area contributed by atoms with Crippen LogP contribution in [0.1, 0.15) is 239 Å². The van der Waals surface area contributed by atoms with Crippen LogP contribution in [0.15, 0.2) is 0 Å². The molecule has 4 atom stereocenters. The highest BCUT2D eigenvalue weighted by atomic mass is 31.2. The number of hydrogen-bond acceptors (Lipinski definition) is 7. The van der Waals surface area contributed by atoms with Crippen molar-refractivity contribution in [1.82, 2.24) is 5.32 Å². The summed E-state index contributed by atoms with van der Waals surface area (Å²) in [5.74, 6) is -0.408. The molecular weight excluding hydrogens is 699 g/mol. The predicted molar refractivity (Wildman–Crippen MR) is 228 cm³/mol. The maximum atomic E-state index is 12.8. The van der Waals surface area contributed by atoms with Crippen molar-refractivity contribution >= 4 is 13.7 Å². The minimum absolute atomic E-state index is 0.0627. The maximum Gasteiger partial charge on any atom is 0.472 e. The Hall–Kier alpha value is -0.540. The molecule has 0 aromatic carbocycles. The number of phosphoric acid groups is 1. The van der Waals surface area contributed by atoms with E-state index in [0.717, 1.165) is 38.5 Å². The highest BCUT2D eigenvalue weighted by Gasteiger charge is 2.28. The van der Waals surface area contributed by atoms with Crippen LogP contribution in [0.3, 0.4) is 0 Å². The quantitative estimate of drug-likeness (QED) is 0.0302. The molecule has 4 unspecified atom stereocenters. The van der Waals surface area contributed by atoms with E-state index in [1.165, 1.54) is 167 Å². The molecule has 0 saturated heterocycles. The van der Waals surface area contributed by atoms with Gasteiger partial charge in [-0.3, -0.25) is 13.8 Å². The molecule has 0 spiro atoms. The van der Waals surface area contributed by atoms with Crippen molar-refractivity contribution < 1.29 is 33.5 Å². The zero-order valence-electron chi connectivity index (χ0n) is 35.6. The van der Waals surface area contributed by atoms with Gasteiger partial charge in [0.05, 0.1) is 37.9 Å². The van der Waals surface area contributed by atoms with E-state index < -0.39 is 32.0 Å². The van der Waals surface area contributed by atoms with Gasteiger partial charge < -0.3 is 26.2 Å². The largest absolute Gasteiger partial charge is 0.472 e. The van der Waals surface area contributed by atoms with Crippen LogP contribution in [-0.4, -0.2) is 59.0 Å². The minimum atomic E-state index is -4.37. The fourth-order valence-electron chi connectivity index (χ4n) is 7.24. The van der Waals surface area contributed by atoms with Gasteiger partial charge in [-0.05, 0) is 12.8 Å². The van der Waals surface area contributed by atoms with Crippen molar-refractivity contribution in [1.29, 1.82) is 0 Å². The average Bonchev–Trinajstić information content (AvgIpc) is 3.15. The molecular formula is C44H91N2O7P. The monoisotopic (exact) mass is 791 g/mol. The number of carbonyl (C=O) groups is 1. The van der Waals surface area contributed by atoms with E-state index >= 15 is 0 Å². The van der Waals surface area contributed by atoms with Crippen molar-refractivity contribution in [3.63, 3.8) is 0 Å². The van der Waals surface area contributed by atoms with Crippen LogP contribution in [0.4, 0.5) is 0 Å². The van der Waals surface area contributed by atoms with Crippen LogP contribution < -0.4 is 11.1 Å². The summed E-state index contributed by atoms with van der Waals surface area (Å²) in [6, 6.07) is -0.890. The van der Waals surface area contributed by atoms with Gasteiger partial charge in [0.15, 0.2) is 0 Å².